The lowest BCUT2D eigenvalue weighted by molar-refractivity contribution is -0.138. The van der Waals surface area contributed by atoms with Crippen molar-refractivity contribution < 1.29 is 23.9 Å². The summed E-state index contributed by atoms with van der Waals surface area (Å²) in [6.07, 6.45) is 4.08. The lowest BCUT2D eigenvalue weighted by Crippen LogP contribution is -2.53. The van der Waals surface area contributed by atoms with Crippen molar-refractivity contribution in [3.63, 3.8) is 0 Å². The second-order valence-electron chi connectivity index (χ2n) is 9.59. The van der Waals surface area contributed by atoms with Crippen LogP contribution in [-0.4, -0.2) is 53.0 Å². The smallest absolute Gasteiger partial charge is 0.407 e. The molecule has 3 amide bonds. The maximum absolute atomic E-state index is 13.4. The zero-order valence-corrected chi connectivity index (χ0v) is 22.5. The zero-order valence-electron chi connectivity index (χ0n) is 22.5. The summed E-state index contributed by atoms with van der Waals surface area (Å²) in [4.78, 5) is 43.4. The van der Waals surface area contributed by atoms with E-state index >= 15 is 0 Å². The van der Waals surface area contributed by atoms with E-state index in [0.29, 0.717) is 30.9 Å². The number of benzene rings is 2. The third-order valence-electron chi connectivity index (χ3n) is 6.58. The first-order valence-corrected chi connectivity index (χ1v) is 13.5. The van der Waals surface area contributed by atoms with Crippen molar-refractivity contribution in [3.8, 4) is 11.5 Å². The van der Waals surface area contributed by atoms with E-state index in [4.69, 9.17) is 15.2 Å². The number of nitrogens with zero attached hydrogens (tertiary/aromatic N) is 2. The number of rotatable bonds is 12. The number of primary amides is 1. The number of pyridine rings is 1. The molecule has 2 atom stereocenters. The molecule has 1 aliphatic heterocycles. The van der Waals surface area contributed by atoms with Gasteiger partial charge in [-0.3, -0.25) is 9.59 Å². The predicted octanol–water partition coefficient (Wildman–Crippen LogP) is 4.53. The molecule has 3 aromatic rings. The van der Waals surface area contributed by atoms with Crippen LogP contribution >= 0.6 is 0 Å². The minimum atomic E-state index is -0.903. The average molecular weight is 546 g/mol. The molecule has 0 spiro atoms. The maximum Gasteiger partial charge on any atom is 0.407 e. The number of carbonyl (C=O) groups is 3. The van der Waals surface area contributed by atoms with Crippen molar-refractivity contribution in [2.45, 2.75) is 51.1 Å². The third kappa shape index (κ3) is 7.95. The molecule has 0 radical (unpaired) electrons. The van der Waals surface area contributed by atoms with Gasteiger partial charge in [0.2, 0.25) is 11.8 Å². The molecular formula is C30H35N5O5. The number of nitrogens with two attached hydrogens (primary N) is 1. The molecule has 0 unspecified atom stereocenters. The van der Waals surface area contributed by atoms with Gasteiger partial charge < -0.3 is 30.7 Å². The number of ether oxygens (including phenoxy) is 2. The number of anilines is 2. The molecule has 2 heterocycles. The molecule has 1 saturated heterocycles. The Balaban J connectivity index is 1.39. The largest absolute Gasteiger partial charge is 0.457 e. The predicted molar refractivity (Wildman–Crippen MR) is 151 cm³/mol. The summed E-state index contributed by atoms with van der Waals surface area (Å²) in [7, 11) is 0. The molecule has 0 saturated carbocycles. The number of nitrogens with one attached hydrogen (secondary N) is 2. The fraction of sp³-hybridized carbons (Fsp3) is 0.333. The Kier molecular flexibility index (Phi) is 9.93. The van der Waals surface area contributed by atoms with Crippen LogP contribution in [0.25, 0.3) is 0 Å². The Labute approximate surface area is 233 Å². The minimum absolute atomic E-state index is 0.220. The van der Waals surface area contributed by atoms with Gasteiger partial charge in [-0.25, -0.2) is 9.78 Å². The number of unbranched alkanes of at least 4 members (excludes halogenated alkanes) is 1. The fourth-order valence-corrected chi connectivity index (χ4v) is 4.48. The van der Waals surface area contributed by atoms with E-state index in [1.165, 1.54) is 4.90 Å². The van der Waals surface area contributed by atoms with E-state index in [9.17, 15) is 14.4 Å². The summed E-state index contributed by atoms with van der Waals surface area (Å²) in [6.45, 7) is 2.68. The van der Waals surface area contributed by atoms with Crippen LogP contribution < -0.4 is 21.1 Å². The first-order valence-electron chi connectivity index (χ1n) is 13.5. The summed E-state index contributed by atoms with van der Waals surface area (Å²) in [6, 6.07) is 18.9. The number of alkyl carbamates (subject to hydrolysis) is 1. The molecular weight excluding hydrogens is 510 g/mol. The topological polar surface area (TPSA) is 136 Å². The SMILES string of the molecule is CCCCOC(=O)N[C@@H](Cc1ccc(Oc2ccc(Nc3ccccn3)cc2)cc1)C(=O)N1CCC[C@H]1C(N)=O. The fourth-order valence-electron chi connectivity index (χ4n) is 4.48. The van der Waals surface area contributed by atoms with Crippen molar-refractivity contribution >= 4 is 29.4 Å². The molecule has 1 aliphatic rings. The van der Waals surface area contributed by atoms with Gasteiger partial charge in [-0.05, 0) is 73.4 Å². The normalized spacial score (nSPS) is 15.2. The van der Waals surface area contributed by atoms with Gasteiger partial charge >= 0.3 is 6.09 Å². The first kappa shape index (κ1) is 28.4. The lowest BCUT2D eigenvalue weighted by Gasteiger charge is -2.27. The Morgan fingerprint density at radius 1 is 1.05 bits per heavy atom. The molecule has 2 aromatic carbocycles. The number of hydrogen-bond donors (Lipinski definition) is 3. The van der Waals surface area contributed by atoms with Gasteiger partial charge in [-0.1, -0.05) is 31.5 Å². The summed E-state index contributed by atoms with van der Waals surface area (Å²) in [5.41, 5.74) is 7.21. The molecule has 10 nitrogen and oxygen atoms in total. The van der Waals surface area contributed by atoms with Crippen LogP contribution in [0.5, 0.6) is 11.5 Å². The number of amides is 3. The van der Waals surface area contributed by atoms with Gasteiger partial charge in [0, 0.05) is 24.8 Å². The number of aromatic nitrogens is 1. The van der Waals surface area contributed by atoms with Gasteiger partial charge in [-0.2, -0.15) is 0 Å². The summed E-state index contributed by atoms with van der Waals surface area (Å²) in [5.74, 6) is 1.14. The number of hydrogen-bond acceptors (Lipinski definition) is 7. The lowest BCUT2D eigenvalue weighted by atomic mass is 10.0. The first-order chi connectivity index (χ1) is 19.4. The van der Waals surface area contributed by atoms with Crippen LogP contribution in [0.4, 0.5) is 16.3 Å². The van der Waals surface area contributed by atoms with Crippen LogP contribution in [0.3, 0.4) is 0 Å². The standard InChI is InChI=1S/C30H35N5O5/c1-2-3-19-39-30(38)34-25(29(37)35-18-6-7-26(35)28(31)36)20-21-9-13-23(14-10-21)40-24-15-11-22(12-16-24)33-27-8-4-5-17-32-27/h4-5,8-17,25-26H,2-3,6-7,18-20H2,1H3,(H2,31,36)(H,32,33)(H,34,38)/t25-,26-/m0/s1. The van der Waals surface area contributed by atoms with Crippen molar-refractivity contribution in [1.82, 2.24) is 15.2 Å². The Morgan fingerprint density at radius 3 is 2.42 bits per heavy atom. The zero-order chi connectivity index (χ0) is 28.3. The van der Waals surface area contributed by atoms with Gasteiger partial charge in [-0.15, -0.1) is 0 Å². The van der Waals surface area contributed by atoms with E-state index in [2.05, 4.69) is 15.6 Å². The highest BCUT2D eigenvalue weighted by molar-refractivity contribution is 5.91. The van der Waals surface area contributed by atoms with Gasteiger partial charge in [0.25, 0.3) is 0 Å². The van der Waals surface area contributed by atoms with Crippen LogP contribution in [0.1, 0.15) is 38.2 Å². The molecule has 10 heteroatoms. The second kappa shape index (κ2) is 14.0. The molecule has 4 N–H and O–H groups in total. The third-order valence-corrected chi connectivity index (χ3v) is 6.58. The molecule has 1 fully saturated rings. The van der Waals surface area contributed by atoms with Crippen molar-refractivity contribution in [2.24, 2.45) is 5.73 Å². The van der Waals surface area contributed by atoms with Crippen LogP contribution in [0.2, 0.25) is 0 Å². The van der Waals surface area contributed by atoms with E-state index in [0.717, 1.165) is 29.9 Å². The Bertz CT molecular complexity index is 1270. The summed E-state index contributed by atoms with van der Waals surface area (Å²) < 4.78 is 11.2. The van der Waals surface area contributed by atoms with Crippen molar-refractivity contribution in [1.29, 1.82) is 0 Å². The highest BCUT2D eigenvalue weighted by atomic mass is 16.5. The van der Waals surface area contributed by atoms with Gasteiger partial charge in [0.15, 0.2) is 0 Å². The van der Waals surface area contributed by atoms with E-state index in [1.54, 1.807) is 18.3 Å². The summed E-state index contributed by atoms with van der Waals surface area (Å²) >= 11 is 0. The maximum atomic E-state index is 13.4. The van der Waals surface area contributed by atoms with E-state index < -0.39 is 24.1 Å². The number of carbonyl (C=O) groups excluding carboxylic acids is 3. The van der Waals surface area contributed by atoms with Crippen LogP contribution in [-0.2, 0) is 20.7 Å². The average Bonchev–Trinajstić information content (AvgIpc) is 3.46. The minimum Gasteiger partial charge on any atom is -0.457 e. The van der Waals surface area contributed by atoms with E-state index in [1.807, 2.05) is 61.5 Å². The molecule has 40 heavy (non-hydrogen) atoms. The van der Waals surface area contributed by atoms with E-state index in [-0.39, 0.29) is 18.9 Å². The van der Waals surface area contributed by atoms with Crippen molar-refractivity contribution in [2.75, 3.05) is 18.5 Å². The Hall–Kier alpha value is -4.60. The molecule has 1 aromatic heterocycles. The molecule has 4 rings (SSSR count). The highest BCUT2D eigenvalue weighted by Gasteiger charge is 2.36. The Morgan fingerprint density at radius 2 is 1.77 bits per heavy atom. The van der Waals surface area contributed by atoms with Crippen LogP contribution in [0.15, 0.2) is 72.9 Å². The second-order valence-corrected chi connectivity index (χ2v) is 9.59. The van der Waals surface area contributed by atoms with Crippen molar-refractivity contribution in [3.05, 3.63) is 78.5 Å². The van der Waals surface area contributed by atoms with Gasteiger partial charge in [0.05, 0.1) is 6.61 Å². The van der Waals surface area contributed by atoms with Crippen LogP contribution in [0, 0.1) is 0 Å². The molecule has 0 bridgehead atoms. The highest BCUT2D eigenvalue weighted by Crippen LogP contribution is 2.25. The quantitative estimate of drug-likeness (QED) is 0.285. The van der Waals surface area contributed by atoms with Gasteiger partial charge in [0.1, 0.15) is 29.4 Å². The monoisotopic (exact) mass is 545 g/mol. The number of likely N-dealkylation sites (tertiary alicyclic amines) is 1. The molecule has 0 aliphatic carbocycles. The molecule has 210 valence electrons. The summed E-state index contributed by atoms with van der Waals surface area (Å²) in [5, 5.41) is 5.92.